The van der Waals surface area contributed by atoms with Crippen LogP contribution in [0.2, 0.25) is 0 Å². The Balaban J connectivity index is 4.32. The quantitative estimate of drug-likeness (QED) is 0.516. The Hall–Kier alpha value is -1.10. The molecule has 0 aromatic carbocycles. The van der Waals surface area contributed by atoms with Gasteiger partial charge in [-0.05, 0) is 20.8 Å². The summed E-state index contributed by atoms with van der Waals surface area (Å²) in [6.07, 6.45) is -1.54. The van der Waals surface area contributed by atoms with Crippen molar-refractivity contribution in [3.8, 4) is 0 Å². The number of ether oxygens (including phenoxy) is 2. The number of carboxylic acids is 1. The fourth-order valence-electron chi connectivity index (χ4n) is 0.653. The molecule has 0 aliphatic heterocycles. The van der Waals surface area contributed by atoms with Crippen molar-refractivity contribution in [2.45, 2.75) is 32.5 Å². The summed E-state index contributed by atoms with van der Waals surface area (Å²) >= 11 is 0. The third-order valence-electron chi connectivity index (χ3n) is 1.08. The van der Waals surface area contributed by atoms with Gasteiger partial charge in [0, 0.05) is 7.11 Å². The minimum atomic E-state index is -1.54. The summed E-state index contributed by atoms with van der Waals surface area (Å²) in [5.41, 5.74) is -0.705. The summed E-state index contributed by atoms with van der Waals surface area (Å²) in [4.78, 5) is 21.5. The maximum atomic E-state index is 11.1. The molecule has 1 N–H and O–H groups in total. The van der Waals surface area contributed by atoms with Crippen LogP contribution in [-0.2, 0) is 19.1 Å². The SMILES string of the molecule is CO[C@@H](C(=O)O)C(=O)OC(C)(C)C. The normalized spacial score (nSPS) is 13.5. The molecule has 0 rings (SSSR count). The van der Waals surface area contributed by atoms with E-state index in [9.17, 15) is 9.59 Å². The van der Waals surface area contributed by atoms with Gasteiger partial charge >= 0.3 is 11.9 Å². The van der Waals surface area contributed by atoms with E-state index >= 15 is 0 Å². The van der Waals surface area contributed by atoms with Crippen LogP contribution in [0.5, 0.6) is 0 Å². The van der Waals surface area contributed by atoms with Crippen molar-refractivity contribution < 1.29 is 24.2 Å². The average molecular weight is 190 g/mol. The third kappa shape index (κ3) is 4.47. The molecular weight excluding hydrogens is 176 g/mol. The smallest absolute Gasteiger partial charge is 0.347 e. The number of hydrogen-bond donors (Lipinski definition) is 1. The zero-order valence-electron chi connectivity index (χ0n) is 8.16. The van der Waals surface area contributed by atoms with Crippen molar-refractivity contribution >= 4 is 11.9 Å². The largest absolute Gasteiger partial charge is 0.479 e. The van der Waals surface area contributed by atoms with Crippen molar-refractivity contribution in [3.05, 3.63) is 0 Å². The molecule has 0 aromatic rings. The van der Waals surface area contributed by atoms with E-state index in [4.69, 9.17) is 9.84 Å². The van der Waals surface area contributed by atoms with Gasteiger partial charge in [0.15, 0.2) is 0 Å². The van der Waals surface area contributed by atoms with Gasteiger partial charge in [0.25, 0.3) is 6.10 Å². The Morgan fingerprint density at radius 3 is 2.00 bits per heavy atom. The Morgan fingerprint density at radius 2 is 1.77 bits per heavy atom. The summed E-state index contributed by atoms with van der Waals surface area (Å²) in [6.45, 7) is 4.96. The van der Waals surface area contributed by atoms with Crippen LogP contribution in [0, 0.1) is 0 Å². The van der Waals surface area contributed by atoms with E-state index in [1.807, 2.05) is 0 Å². The maximum Gasteiger partial charge on any atom is 0.347 e. The van der Waals surface area contributed by atoms with Crippen LogP contribution in [0.3, 0.4) is 0 Å². The Kier molecular flexibility index (Phi) is 3.87. The van der Waals surface area contributed by atoms with E-state index in [-0.39, 0.29) is 0 Å². The molecule has 0 aromatic heterocycles. The van der Waals surface area contributed by atoms with Crippen LogP contribution in [0.25, 0.3) is 0 Å². The lowest BCUT2D eigenvalue weighted by molar-refractivity contribution is -0.175. The van der Waals surface area contributed by atoms with E-state index < -0.39 is 23.6 Å². The van der Waals surface area contributed by atoms with Crippen LogP contribution in [-0.4, -0.2) is 35.9 Å². The van der Waals surface area contributed by atoms with E-state index in [0.29, 0.717) is 0 Å². The molecular formula is C8H14O5. The lowest BCUT2D eigenvalue weighted by Gasteiger charge is -2.21. The van der Waals surface area contributed by atoms with Gasteiger partial charge in [-0.1, -0.05) is 0 Å². The fourth-order valence-corrected chi connectivity index (χ4v) is 0.653. The van der Waals surface area contributed by atoms with Crippen LogP contribution in [0.1, 0.15) is 20.8 Å². The third-order valence-corrected chi connectivity index (χ3v) is 1.08. The predicted molar refractivity (Wildman–Crippen MR) is 44.3 cm³/mol. The molecule has 0 bridgehead atoms. The van der Waals surface area contributed by atoms with E-state index in [0.717, 1.165) is 7.11 Å². The van der Waals surface area contributed by atoms with E-state index in [1.54, 1.807) is 20.8 Å². The summed E-state index contributed by atoms with van der Waals surface area (Å²) in [5.74, 6) is -2.24. The van der Waals surface area contributed by atoms with Gasteiger partial charge in [0.05, 0.1) is 0 Å². The number of rotatable bonds is 3. The second-order valence-corrected chi connectivity index (χ2v) is 3.49. The molecule has 5 nitrogen and oxygen atoms in total. The van der Waals surface area contributed by atoms with Gasteiger partial charge in [-0.3, -0.25) is 0 Å². The zero-order valence-corrected chi connectivity index (χ0v) is 8.16. The molecule has 0 radical (unpaired) electrons. The highest BCUT2D eigenvalue weighted by atomic mass is 16.6. The van der Waals surface area contributed by atoms with Gasteiger partial charge in [0.1, 0.15) is 5.60 Å². The molecule has 0 spiro atoms. The van der Waals surface area contributed by atoms with Crippen molar-refractivity contribution in [3.63, 3.8) is 0 Å². The maximum absolute atomic E-state index is 11.1. The number of carboxylic acid groups (broad SMARTS) is 1. The number of carbonyl (C=O) groups is 2. The summed E-state index contributed by atoms with van der Waals surface area (Å²) < 4.78 is 9.25. The average Bonchev–Trinajstić information content (AvgIpc) is 1.82. The minimum absolute atomic E-state index is 0.705. The standard InChI is InChI=1S/C8H14O5/c1-8(2,3)13-7(11)5(12-4)6(9)10/h5H,1-4H3,(H,9,10)/t5-/m0/s1. The first-order valence-corrected chi connectivity index (χ1v) is 3.76. The van der Waals surface area contributed by atoms with Gasteiger partial charge in [-0.25, -0.2) is 9.59 Å². The van der Waals surface area contributed by atoms with Crippen molar-refractivity contribution in [2.75, 3.05) is 7.11 Å². The minimum Gasteiger partial charge on any atom is -0.479 e. The van der Waals surface area contributed by atoms with Crippen molar-refractivity contribution in [1.82, 2.24) is 0 Å². The summed E-state index contributed by atoms with van der Waals surface area (Å²) in [5, 5.41) is 8.51. The summed E-state index contributed by atoms with van der Waals surface area (Å²) in [7, 11) is 1.14. The lowest BCUT2D eigenvalue weighted by atomic mass is 10.2. The van der Waals surface area contributed by atoms with E-state index in [1.165, 1.54) is 0 Å². The number of aliphatic carboxylic acids is 1. The molecule has 0 aliphatic rings. The van der Waals surface area contributed by atoms with Crippen LogP contribution >= 0.6 is 0 Å². The number of methoxy groups -OCH3 is 1. The lowest BCUT2D eigenvalue weighted by Crippen LogP contribution is -2.37. The van der Waals surface area contributed by atoms with Crippen molar-refractivity contribution in [1.29, 1.82) is 0 Å². The Bertz CT molecular complexity index is 203. The molecule has 0 aliphatic carbocycles. The fraction of sp³-hybridized carbons (Fsp3) is 0.750. The van der Waals surface area contributed by atoms with Crippen LogP contribution < -0.4 is 0 Å². The number of esters is 1. The van der Waals surface area contributed by atoms with Crippen molar-refractivity contribution in [2.24, 2.45) is 0 Å². The van der Waals surface area contributed by atoms with E-state index in [2.05, 4.69) is 4.74 Å². The summed E-state index contributed by atoms with van der Waals surface area (Å²) in [6, 6.07) is 0. The number of carbonyl (C=O) groups excluding carboxylic acids is 1. The molecule has 0 fully saturated rings. The van der Waals surface area contributed by atoms with Gasteiger partial charge in [0.2, 0.25) is 0 Å². The molecule has 0 amide bonds. The van der Waals surface area contributed by atoms with Crippen LogP contribution in [0.4, 0.5) is 0 Å². The zero-order chi connectivity index (χ0) is 10.6. The first-order chi connectivity index (χ1) is 5.78. The topological polar surface area (TPSA) is 72.8 Å². The Labute approximate surface area is 76.6 Å². The molecule has 0 unspecified atom stereocenters. The molecule has 76 valence electrons. The second-order valence-electron chi connectivity index (χ2n) is 3.49. The molecule has 0 saturated heterocycles. The monoisotopic (exact) mass is 190 g/mol. The van der Waals surface area contributed by atoms with Crippen LogP contribution in [0.15, 0.2) is 0 Å². The molecule has 0 saturated carbocycles. The second kappa shape index (κ2) is 4.23. The van der Waals surface area contributed by atoms with Gasteiger partial charge in [-0.2, -0.15) is 0 Å². The molecule has 5 heteroatoms. The number of hydrogen-bond acceptors (Lipinski definition) is 4. The first kappa shape index (κ1) is 11.9. The molecule has 1 atom stereocenters. The van der Waals surface area contributed by atoms with Gasteiger partial charge < -0.3 is 14.6 Å². The molecule has 13 heavy (non-hydrogen) atoms. The molecule has 0 heterocycles. The van der Waals surface area contributed by atoms with Gasteiger partial charge in [-0.15, -0.1) is 0 Å². The Morgan fingerprint density at radius 1 is 1.31 bits per heavy atom. The highest BCUT2D eigenvalue weighted by Gasteiger charge is 2.30. The first-order valence-electron chi connectivity index (χ1n) is 3.76. The highest BCUT2D eigenvalue weighted by Crippen LogP contribution is 2.09. The predicted octanol–water partition coefficient (Wildman–Crippen LogP) is 0.428. The highest BCUT2D eigenvalue weighted by molar-refractivity contribution is 5.97.